The van der Waals surface area contributed by atoms with E-state index in [9.17, 15) is 22.8 Å². The zero-order valence-electron chi connectivity index (χ0n) is 17.1. The first kappa shape index (κ1) is 22.7. The van der Waals surface area contributed by atoms with E-state index in [4.69, 9.17) is 4.74 Å². The Morgan fingerprint density at radius 1 is 1.03 bits per heavy atom. The van der Waals surface area contributed by atoms with Crippen molar-refractivity contribution in [3.05, 3.63) is 65.7 Å². The van der Waals surface area contributed by atoms with Crippen LogP contribution in [0.4, 0.5) is 13.2 Å². The predicted molar refractivity (Wildman–Crippen MR) is 107 cm³/mol. The van der Waals surface area contributed by atoms with E-state index in [1.165, 1.54) is 4.90 Å². The Hall–Kier alpha value is -3.03. The number of ether oxygens (including phenoxy) is 2. The SMILES string of the molecule is C[C@H]1CC[C@H](c2ccc(OCc3ccccc3)cc2)N(C(=O)C(=O)OCC(F)(F)F)C1. The first-order valence-electron chi connectivity index (χ1n) is 10.0. The number of carbonyl (C=O) groups is 2. The normalized spacial score (nSPS) is 19.0. The molecule has 166 valence electrons. The molecule has 0 saturated carbocycles. The number of piperidine rings is 1. The Balaban J connectivity index is 1.67. The number of alkyl halides is 3. The fourth-order valence-electron chi connectivity index (χ4n) is 3.58. The maximum absolute atomic E-state index is 12.5. The fraction of sp³-hybridized carbons (Fsp3) is 0.391. The van der Waals surface area contributed by atoms with Gasteiger partial charge in [-0.1, -0.05) is 49.4 Å². The molecular formula is C23H24F3NO4. The van der Waals surface area contributed by atoms with Crippen LogP contribution in [0.3, 0.4) is 0 Å². The van der Waals surface area contributed by atoms with Gasteiger partial charge in [0.25, 0.3) is 0 Å². The predicted octanol–water partition coefficient (Wildman–Crippen LogP) is 4.67. The highest BCUT2D eigenvalue weighted by atomic mass is 19.4. The Morgan fingerprint density at radius 3 is 2.35 bits per heavy atom. The van der Waals surface area contributed by atoms with Crippen LogP contribution in [0.15, 0.2) is 54.6 Å². The Kier molecular flexibility index (Phi) is 7.20. The molecule has 1 heterocycles. The number of carbonyl (C=O) groups excluding carboxylic acids is 2. The van der Waals surface area contributed by atoms with Crippen LogP contribution in [0.2, 0.25) is 0 Å². The van der Waals surface area contributed by atoms with Gasteiger partial charge in [0.1, 0.15) is 12.4 Å². The number of benzene rings is 2. The van der Waals surface area contributed by atoms with E-state index in [0.29, 0.717) is 18.8 Å². The fourth-order valence-corrected chi connectivity index (χ4v) is 3.58. The van der Waals surface area contributed by atoms with Crippen molar-refractivity contribution in [2.45, 2.75) is 38.6 Å². The summed E-state index contributed by atoms with van der Waals surface area (Å²) in [5, 5.41) is 0. The number of hydrogen-bond donors (Lipinski definition) is 0. The minimum absolute atomic E-state index is 0.129. The maximum atomic E-state index is 12.5. The largest absolute Gasteiger partial charge is 0.489 e. The van der Waals surface area contributed by atoms with Crippen molar-refractivity contribution in [3.8, 4) is 5.75 Å². The number of halogens is 3. The molecule has 1 fully saturated rings. The van der Waals surface area contributed by atoms with Gasteiger partial charge in [0.2, 0.25) is 0 Å². The first-order valence-corrected chi connectivity index (χ1v) is 10.0. The van der Waals surface area contributed by atoms with Gasteiger partial charge in [0, 0.05) is 6.54 Å². The van der Waals surface area contributed by atoms with Crippen LogP contribution in [0.1, 0.15) is 36.9 Å². The van der Waals surface area contributed by atoms with Crippen molar-refractivity contribution in [2.24, 2.45) is 5.92 Å². The average Bonchev–Trinajstić information content (AvgIpc) is 2.76. The third kappa shape index (κ3) is 6.47. The Bertz CT molecular complexity index is 884. The number of likely N-dealkylation sites (tertiary alicyclic amines) is 1. The standard InChI is InChI=1S/C23H24F3NO4/c1-16-7-12-20(27(13-16)21(28)22(29)31-15-23(24,25)26)18-8-10-19(11-9-18)30-14-17-5-3-2-4-6-17/h2-6,8-11,16,20H,7,12-15H2,1H3/t16-,20+/m0/s1. The summed E-state index contributed by atoms with van der Waals surface area (Å²) in [5.41, 5.74) is 1.82. The molecule has 2 aromatic carbocycles. The van der Waals surface area contributed by atoms with Gasteiger partial charge in [-0.05, 0) is 42.0 Å². The van der Waals surface area contributed by atoms with E-state index >= 15 is 0 Å². The third-order valence-corrected chi connectivity index (χ3v) is 5.13. The molecular weight excluding hydrogens is 411 g/mol. The minimum Gasteiger partial charge on any atom is -0.489 e. The highest BCUT2D eigenvalue weighted by molar-refractivity contribution is 6.32. The van der Waals surface area contributed by atoms with Gasteiger partial charge >= 0.3 is 18.1 Å². The summed E-state index contributed by atoms with van der Waals surface area (Å²) in [5.74, 6) is -1.76. The second kappa shape index (κ2) is 9.85. The molecule has 1 amide bonds. The van der Waals surface area contributed by atoms with E-state index in [1.807, 2.05) is 49.4 Å². The Labute approximate surface area is 178 Å². The summed E-state index contributed by atoms with van der Waals surface area (Å²) in [7, 11) is 0. The molecule has 1 aliphatic heterocycles. The first-order chi connectivity index (χ1) is 14.7. The zero-order chi connectivity index (χ0) is 22.4. The van der Waals surface area contributed by atoms with Gasteiger partial charge in [-0.15, -0.1) is 0 Å². The van der Waals surface area contributed by atoms with Crippen LogP contribution in [-0.2, 0) is 20.9 Å². The van der Waals surface area contributed by atoms with Crippen LogP contribution < -0.4 is 4.74 Å². The molecule has 2 aromatic rings. The van der Waals surface area contributed by atoms with Crippen molar-refractivity contribution in [1.29, 1.82) is 0 Å². The van der Waals surface area contributed by atoms with Crippen molar-refractivity contribution in [2.75, 3.05) is 13.2 Å². The van der Waals surface area contributed by atoms with Gasteiger partial charge in [-0.3, -0.25) is 4.79 Å². The van der Waals surface area contributed by atoms with Crippen LogP contribution in [0.5, 0.6) is 5.75 Å². The summed E-state index contributed by atoms with van der Waals surface area (Å²) < 4.78 is 46.9. The highest BCUT2D eigenvalue weighted by Gasteiger charge is 2.37. The van der Waals surface area contributed by atoms with E-state index in [0.717, 1.165) is 17.5 Å². The van der Waals surface area contributed by atoms with Crippen LogP contribution >= 0.6 is 0 Å². The molecule has 0 aromatic heterocycles. The molecule has 0 radical (unpaired) electrons. The number of esters is 1. The molecule has 0 N–H and O–H groups in total. The number of amides is 1. The van der Waals surface area contributed by atoms with Gasteiger partial charge in [-0.25, -0.2) is 4.79 Å². The molecule has 1 aliphatic rings. The monoisotopic (exact) mass is 435 g/mol. The number of nitrogens with zero attached hydrogens (tertiary/aromatic N) is 1. The minimum atomic E-state index is -4.68. The molecule has 1 saturated heterocycles. The number of hydrogen-bond acceptors (Lipinski definition) is 4. The van der Waals surface area contributed by atoms with Crippen LogP contribution in [-0.4, -0.2) is 36.1 Å². The molecule has 8 heteroatoms. The van der Waals surface area contributed by atoms with Crippen molar-refractivity contribution < 1.29 is 32.2 Å². The zero-order valence-corrected chi connectivity index (χ0v) is 17.1. The summed E-state index contributed by atoms with van der Waals surface area (Å²) in [4.78, 5) is 25.8. The summed E-state index contributed by atoms with van der Waals surface area (Å²) in [6.45, 7) is 0.838. The molecule has 31 heavy (non-hydrogen) atoms. The highest BCUT2D eigenvalue weighted by Crippen LogP contribution is 2.34. The third-order valence-electron chi connectivity index (χ3n) is 5.13. The number of rotatable bonds is 5. The second-order valence-corrected chi connectivity index (χ2v) is 7.69. The van der Waals surface area contributed by atoms with Gasteiger partial charge in [0.05, 0.1) is 6.04 Å². The maximum Gasteiger partial charge on any atom is 0.422 e. The molecule has 0 unspecified atom stereocenters. The summed E-state index contributed by atoms with van der Waals surface area (Å²) in [6.07, 6.45) is -3.25. The summed E-state index contributed by atoms with van der Waals surface area (Å²) >= 11 is 0. The lowest BCUT2D eigenvalue weighted by molar-refractivity contribution is -0.190. The van der Waals surface area contributed by atoms with Crippen LogP contribution in [0, 0.1) is 5.92 Å². The van der Waals surface area contributed by atoms with Crippen molar-refractivity contribution in [3.63, 3.8) is 0 Å². The lowest BCUT2D eigenvalue weighted by atomic mass is 9.90. The molecule has 2 atom stereocenters. The van der Waals surface area contributed by atoms with E-state index in [2.05, 4.69) is 4.74 Å². The van der Waals surface area contributed by atoms with Crippen molar-refractivity contribution >= 4 is 11.9 Å². The lowest BCUT2D eigenvalue weighted by Gasteiger charge is -2.38. The van der Waals surface area contributed by atoms with Crippen LogP contribution in [0.25, 0.3) is 0 Å². The van der Waals surface area contributed by atoms with Crippen molar-refractivity contribution in [1.82, 2.24) is 4.90 Å². The quantitative estimate of drug-likeness (QED) is 0.506. The smallest absolute Gasteiger partial charge is 0.422 e. The lowest BCUT2D eigenvalue weighted by Crippen LogP contribution is -2.45. The molecule has 0 aliphatic carbocycles. The van der Waals surface area contributed by atoms with E-state index in [1.54, 1.807) is 12.1 Å². The van der Waals surface area contributed by atoms with Gasteiger partial charge in [-0.2, -0.15) is 13.2 Å². The van der Waals surface area contributed by atoms with E-state index < -0.39 is 30.7 Å². The molecule has 0 spiro atoms. The van der Waals surface area contributed by atoms with Gasteiger partial charge in [0.15, 0.2) is 6.61 Å². The van der Waals surface area contributed by atoms with E-state index in [-0.39, 0.29) is 12.5 Å². The summed E-state index contributed by atoms with van der Waals surface area (Å²) in [6, 6.07) is 16.5. The molecule has 0 bridgehead atoms. The second-order valence-electron chi connectivity index (χ2n) is 7.69. The topological polar surface area (TPSA) is 55.8 Å². The molecule has 3 rings (SSSR count). The van der Waals surface area contributed by atoms with Gasteiger partial charge < -0.3 is 14.4 Å². The molecule has 5 nitrogen and oxygen atoms in total. The average molecular weight is 435 g/mol. The Morgan fingerprint density at radius 2 is 1.71 bits per heavy atom.